The average Bonchev–Trinajstić information content (AvgIpc) is 3.14. The second kappa shape index (κ2) is 5.49. The van der Waals surface area contributed by atoms with Crippen LogP contribution in [0.4, 0.5) is 5.82 Å². The highest BCUT2D eigenvalue weighted by molar-refractivity contribution is 7.17. The van der Waals surface area contributed by atoms with Crippen molar-refractivity contribution in [3.05, 3.63) is 51.1 Å². The van der Waals surface area contributed by atoms with E-state index < -0.39 is 11.5 Å². The molecule has 6 N–H and O–H groups in total. The van der Waals surface area contributed by atoms with Crippen molar-refractivity contribution >= 4 is 44.4 Å². The number of thiazole rings is 1. The first kappa shape index (κ1) is 15.0. The third-order valence-electron chi connectivity index (χ3n) is 3.54. The zero-order chi connectivity index (χ0) is 17.6. The number of rotatable bonds is 2. The Bertz CT molecular complexity index is 1250. The molecule has 0 radical (unpaired) electrons. The molecule has 3 heterocycles. The van der Waals surface area contributed by atoms with Crippen LogP contribution in [0.25, 0.3) is 21.3 Å². The van der Waals surface area contributed by atoms with Crippen molar-refractivity contribution in [2.24, 2.45) is 10.9 Å². The number of carbonyl (C=O) groups excluding carboxylic acids is 1. The van der Waals surface area contributed by atoms with Gasteiger partial charge in [0, 0.05) is 5.39 Å². The predicted octanol–water partition coefficient (Wildman–Crippen LogP) is 0.273. The van der Waals surface area contributed by atoms with Gasteiger partial charge in [0.15, 0.2) is 5.65 Å². The Morgan fingerprint density at radius 2 is 2.20 bits per heavy atom. The van der Waals surface area contributed by atoms with E-state index in [1.54, 1.807) is 24.3 Å². The summed E-state index contributed by atoms with van der Waals surface area (Å²) in [6.45, 7) is 0. The summed E-state index contributed by atoms with van der Waals surface area (Å²) in [5.41, 5.74) is 8.12. The van der Waals surface area contributed by atoms with Crippen LogP contribution in [0.5, 0.6) is 0 Å². The van der Waals surface area contributed by atoms with Crippen LogP contribution in [0, 0.1) is 0 Å². The summed E-state index contributed by atoms with van der Waals surface area (Å²) in [7, 11) is 0. The number of aromatic amines is 1. The molecule has 0 atom stereocenters. The monoisotopic (exact) mass is 357 g/mol. The molecule has 0 spiro atoms. The van der Waals surface area contributed by atoms with Crippen LogP contribution in [0.15, 0.2) is 44.6 Å². The van der Waals surface area contributed by atoms with Gasteiger partial charge in [-0.25, -0.2) is 9.47 Å². The largest absolute Gasteiger partial charge is 0.422 e. The molecule has 0 aliphatic rings. The van der Waals surface area contributed by atoms with Gasteiger partial charge in [0.1, 0.15) is 21.7 Å². The minimum Gasteiger partial charge on any atom is -0.422 e. The summed E-state index contributed by atoms with van der Waals surface area (Å²) in [6.07, 6.45) is 0. The van der Waals surface area contributed by atoms with E-state index in [1.165, 1.54) is 10.7 Å². The average molecular weight is 357 g/mol. The Hall–Kier alpha value is -3.60. The molecule has 1 aromatic carbocycles. The van der Waals surface area contributed by atoms with Gasteiger partial charge in [-0.15, -0.1) is 0 Å². The van der Waals surface area contributed by atoms with Gasteiger partial charge in [0.25, 0.3) is 5.91 Å². The molecule has 4 aromatic rings. The number of aromatic nitrogens is 3. The Kier molecular flexibility index (Phi) is 3.28. The minimum absolute atomic E-state index is 0.156. The van der Waals surface area contributed by atoms with Crippen molar-refractivity contribution < 1.29 is 9.21 Å². The third kappa shape index (κ3) is 2.33. The number of nitrogens with two attached hydrogens (primary N) is 2. The highest BCUT2D eigenvalue weighted by Gasteiger charge is 2.18. The summed E-state index contributed by atoms with van der Waals surface area (Å²) >= 11 is 1.14. The second-order valence-electron chi connectivity index (χ2n) is 5.07. The summed E-state index contributed by atoms with van der Waals surface area (Å²) < 4.78 is 7.00. The molecule has 0 fully saturated rings. The van der Waals surface area contributed by atoms with Crippen LogP contribution >= 0.6 is 11.3 Å². The Morgan fingerprint density at radius 1 is 1.40 bits per heavy atom. The maximum Gasteiger partial charge on any atom is 0.349 e. The number of hydrogen-bond donors (Lipinski definition) is 4. The zero-order valence-electron chi connectivity index (χ0n) is 12.5. The van der Waals surface area contributed by atoms with E-state index in [-0.39, 0.29) is 10.4 Å². The number of nitrogens with zero attached hydrogens (tertiary/aromatic N) is 3. The first-order chi connectivity index (χ1) is 12.1. The first-order valence-corrected chi connectivity index (χ1v) is 7.83. The fourth-order valence-electron chi connectivity index (χ4n) is 2.38. The van der Waals surface area contributed by atoms with Crippen LogP contribution in [-0.2, 0) is 0 Å². The first-order valence-electron chi connectivity index (χ1n) is 7.02. The van der Waals surface area contributed by atoms with Crippen molar-refractivity contribution in [3.63, 3.8) is 0 Å². The van der Waals surface area contributed by atoms with E-state index in [4.69, 9.17) is 16.0 Å². The number of benzene rings is 1. The molecule has 0 saturated heterocycles. The molecular weight excluding hydrogens is 346 g/mol. The number of fused-ring (bicyclic) bond motifs is 2. The van der Waals surface area contributed by atoms with Gasteiger partial charge in [-0.3, -0.25) is 15.3 Å². The highest BCUT2D eigenvalue weighted by atomic mass is 32.1. The molecule has 0 saturated carbocycles. The highest BCUT2D eigenvalue weighted by Crippen LogP contribution is 2.20. The molecule has 1 amide bonds. The molecule has 0 bridgehead atoms. The molecule has 0 unspecified atom stereocenters. The molecule has 0 aliphatic heterocycles. The van der Waals surface area contributed by atoms with Crippen LogP contribution in [0.2, 0.25) is 0 Å². The van der Waals surface area contributed by atoms with Crippen LogP contribution in [0.3, 0.4) is 0 Å². The van der Waals surface area contributed by atoms with Gasteiger partial charge in [0.05, 0.1) is 0 Å². The molecule has 11 heteroatoms. The predicted molar refractivity (Wildman–Crippen MR) is 92.3 cm³/mol. The van der Waals surface area contributed by atoms with E-state index in [0.717, 1.165) is 11.3 Å². The van der Waals surface area contributed by atoms with E-state index in [0.29, 0.717) is 27.1 Å². The fraction of sp³-hybridized carbons (Fsp3) is 0. The second-order valence-corrected chi connectivity index (χ2v) is 6.04. The lowest BCUT2D eigenvalue weighted by atomic mass is 10.2. The van der Waals surface area contributed by atoms with E-state index in [2.05, 4.69) is 20.7 Å². The number of nitrogen functional groups attached to an aromatic ring is 1. The van der Waals surface area contributed by atoms with Gasteiger partial charge >= 0.3 is 5.63 Å². The lowest BCUT2D eigenvalue weighted by Gasteiger charge is -2.06. The van der Waals surface area contributed by atoms with Crippen LogP contribution in [0.1, 0.15) is 10.4 Å². The summed E-state index contributed by atoms with van der Waals surface area (Å²) in [5.74, 6) is 4.98. The zero-order valence-corrected chi connectivity index (χ0v) is 13.3. The maximum atomic E-state index is 12.6. The molecule has 25 heavy (non-hydrogen) atoms. The lowest BCUT2D eigenvalue weighted by Crippen LogP contribution is -2.33. The molecule has 4 rings (SSSR count). The molecule has 126 valence electrons. The molecule has 10 nitrogen and oxygen atoms in total. The molecular formula is C14H11N7O3S. The number of carbonyl (C=O) groups is 1. The molecule has 3 aromatic heterocycles. The van der Waals surface area contributed by atoms with Crippen molar-refractivity contribution in [2.75, 3.05) is 11.2 Å². The van der Waals surface area contributed by atoms with E-state index >= 15 is 0 Å². The van der Waals surface area contributed by atoms with Gasteiger partial charge in [-0.2, -0.15) is 10.2 Å². The van der Waals surface area contributed by atoms with Gasteiger partial charge < -0.3 is 16.0 Å². The van der Waals surface area contributed by atoms with Crippen molar-refractivity contribution in [2.45, 2.75) is 0 Å². The summed E-state index contributed by atoms with van der Waals surface area (Å²) in [5, 5.41) is 10.8. The van der Waals surface area contributed by atoms with Crippen LogP contribution in [-0.4, -0.2) is 20.8 Å². The van der Waals surface area contributed by atoms with Crippen molar-refractivity contribution in [1.82, 2.24) is 14.9 Å². The number of anilines is 1. The van der Waals surface area contributed by atoms with Crippen molar-refractivity contribution in [1.29, 1.82) is 0 Å². The quantitative estimate of drug-likeness (QED) is 0.229. The number of nitrogens with one attached hydrogen (secondary N) is 2. The van der Waals surface area contributed by atoms with Crippen molar-refractivity contribution in [3.8, 4) is 0 Å². The Labute approximate surface area is 142 Å². The standard InChI is InChI=1S/C14H11N7O3S/c15-10-9-11(19-18-10)21(14(17-16)25-9)20-12(22)7-5-6-3-1-2-4-8(6)24-13(7)23/h1-5H,16H2,(H,20,22)(H3,15,18,19)/b17-14-. The number of amides is 1. The third-order valence-corrected chi connectivity index (χ3v) is 4.61. The van der Waals surface area contributed by atoms with E-state index in [9.17, 15) is 9.59 Å². The van der Waals surface area contributed by atoms with Gasteiger partial charge in [0.2, 0.25) is 4.80 Å². The lowest BCUT2D eigenvalue weighted by molar-refractivity contribution is 0.100. The molecule has 0 aliphatic carbocycles. The summed E-state index contributed by atoms with van der Waals surface area (Å²) in [4.78, 5) is 24.9. The SMILES string of the molecule is N/N=c1\sc2c(N)[nH]nc2n1NC(=O)c1cc2ccccc2oc1=O. The minimum atomic E-state index is -0.754. The normalized spacial score (nSPS) is 12.1. The fourth-order valence-corrected chi connectivity index (χ4v) is 3.22. The number of H-pyrrole nitrogens is 1. The van der Waals surface area contributed by atoms with Gasteiger partial charge in [-0.05, 0) is 12.1 Å². The van der Waals surface area contributed by atoms with Gasteiger partial charge in [-0.1, -0.05) is 29.5 Å². The number of para-hydroxylation sites is 1. The number of hydrogen-bond acceptors (Lipinski definition) is 8. The van der Waals surface area contributed by atoms with Crippen LogP contribution < -0.4 is 27.4 Å². The Balaban J connectivity index is 1.81. The smallest absolute Gasteiger partial charge is 0.349 e. The maximum absolute atomic E-state index is 12.6. The summed E-state index contributed by atoms with van der Waals surface area (Å²) in [6, 6.07) is 8.35. The van der Waals surface area contributed by atoms with E-state index in [1.807, 2.05) is 0 Å². The topological polar surface area (TPSA) is 157 Å². The Morgan fingerprint density at radius 3 is 3.00 bits per heavy atom.